The third kappa shape index (κ3) is 12.2. The molecule has 1 rings (SSSR count). The number of halogens is 3. The molecule has 0 spiro atoms. The Balaban J connectivity index is 0.000000713. The zero-order chi connectivity index (χ0) is 20.9. The highest BCUT2D eigenvalue weighted by Crippen LogP contribution is 2.20. The fourth-order valence-electron chi connectivity index (χ4n) is 2.72. The van der Waals surface area contributed by atoms with E-state index in [1.807, 2.05) is 0 Å². The topological polar surface area (TPSA) is 60.9 Å². The van der Waals surface area contributed by atoms with Crippen LogP contribution in [0.15, 0.2) is 12.4 Å². The van der Waals surface area contributed by atoms with Gasteiger partial charge in [0, 0.05) is 26.0 Å². The SMILES string of the molecule is CCCCCCCCCCCCN1C=CN(C)C1C.O=S(=O)(O)C(F)(F)F. The quantitative estimate of drug-likeness (QED) is 0.279. The summed E-state index contributed by atoms with van der Waals surface area (Å²) in [6, 6.07) is 0. The highest BCUT2D eigenvalue weighted by molar-refractivity contribution is 7.86. The first-order valence-electron chi connectivity index (χ1n) is 9.70. The van der Waals surface area contributed by atoms with Gasteiger partial charge in [0.1, 0.15) is 0 Å². The molecule has 9 heteroatoms. The van der Waals surface area contributed by atoms with Crippen molar-refractivity contribution in [3.63, 3.8) is 0 Å². The average molecular weight is 417 g/mol. The second kappa shape index (κ2) is 13.3. The van der Waals surface area contributed by atoms with Crippen LogP contribution >= 0.6 is 0 Å². The zero-order valence-corrected chi connectivity index (χ0v) is 17.5. The Bertz CT molecular complexity index is 510. The number of hydrogen-bond donors (Lipinski definition) is 1. The summed E-state index contributed by atoms with van der Waals surface area (Å²) in [4.78, 5) is 4.72. The lowest BCUT2D eigenvalue weighted by Crippen LogP contribution is -2.34. The molecule has 0 radical (unpaired) electrons. The molecule has 0 aromatic rings. The third-order valence-electron chi connectivity index (χ3n) is 4.63. The van der Waals surface area contributed by atoms with Gasteiger partial charge in [0.15, 0.2) is 0 Å². The lowest BCUT2D eigenvalue weighted by molar-refractivity contribution is -0.0510. The van der Waals surface area contributed by atoms with Crippen LogP contribution in [0.3, 0.4) is 0 Å². The summed E-state index contributed by atoms with van der Waals surface area (Å²) in [5.74, 6) is 0. The van der Waals surface area contributed by atoms with Crippen LogP contribution in [0, 0.1) is 0 Å². The minimum atomic E-state index is -5.84. The van der Waals surface area contributed by atoms with Gasteiger partial charge in [-0.2, -0.15) is 21.6 Å². The number of unbranched alkanes of at least 4 members (excludes halogenated alkanes) is 9. The van der Waals surface area contributed by atoms with E-state index in [1.54, 1.807) is 0 Å². The normalized spacial score (nSPS) is 17.2. The predicted octanol–water partition coefficient (Wildman–Crippen LogP) is 5.37. The van der Waals surface area contributed by atoms with E-state index in [2.05, 4.69) is 43.1 Å². The first kappa shape index (κ1) is 26.0. The van der Waals surface area contributed by atoms with Gasteiger partial charge in [-0.05, 0) is 13.3 Å². The van der Waals surface area contributed by atoms with Gasteiger partial charge >= 0.3 is 15.6 Å². The summed E-state index contributed by atoms with van der Waals surface area (Å²) in [6.45, 7) is 5.78. The fraction of sp³-hybridized carbons (Fsp3) is 0.889. The smallest absolute Gasteiger partial charge is 0.359 e. The summed E-state index contributed by atoms with van der Waals surface area (Å²) < 4.78 is 57.5. The van der Waals surface area contributed by atoms with E-state index in [4.69, 9.17) is 13.0 Å². The minimum Gasteiger partial charge on any atom is -0.359 e. The molecular weight excluding hydrogens is 381 g/mol. The molecule has 5 nitrogen and oxygen atoms in total. The van der Waals surface area contributed by atoms with Crippen molar-refractivity contribution >= 4 is 10.1 Å². The fourth-order valence-corrected chi connectivity index (χ4v) is 2.72. The van der Waals surface area contributed by atoms with Crippen LogP contribution in [0.1, 0.15) is 78.1 Å². The largest absolute Gasteiger partial charge is 0.522 e. The van der Waals surface area contributed by atoms with E-state index >= 15 is 0 Å². The molecule has 0 fully saturated rings. The van der Waals surface area contributed by atoms with Crippen molar-refractivity contribution in [3.8, 4) is 0 Å². The molecule has 0 saturated heterocycles. The van der Waals surface area contributed by atoms with E-state index in [9.17, 15) is 13.2 Å². The van der Waals surface area contributed by atoms with Crippen LogP contribution in [0.2, 0.25) is 0 Å². The highest BCUT2D eigenvalue weighted by atomic mass is 32.2. The van der Waals surface area contributed by atoms with Crippen LogP contribution in [-0.2, 0) is 10.1 Å². The summed E-state index contributed by atoms with van der Waals surface area (Å²) in [5, 5.41) is 0. The van der Waals surface area contributed by atoms with Crippen LogP contribution in [-0.4, -0.2) is 48.0 Å². The standard InChI is InChI=1S/C17H34N2.CHF3O3S/c1-4-5-6-7-8-9-10-11-12-13-14-19-16-15-18(3)17(19)2;2-1(3,4)8(5,6)7/h15-17H,4-14H2,1-3H3;(H,5,6,7). The Labute approximate surface area is 162 Å². The van der Waals surface area contributed by atoms with Gasteiger partial charge in [0.25, 0.3) is 0 Å². The summed E-state index contributed by atoms with van der Waals surface area (Å²) in [6.07, 6.45) is 19.2. The van der Waals surface area contributed by atoms with Gasteiger partial charge in [0.2, 0.25) is 0 Å². The van der Waals surface area contributed by atoms with Crippen molar-refractivity contribution in [2.24, 2.45) is 0 Å². The van der Waals surface area contributed by atoms with Gasteiger partial charge < -0.3 is 9.80 Å². The van der Waals surface area contributed by atoms with E-state index in [0.717, 1.165) is 0 Å². The molecule has 1 unspecified atom stereocenters. The van der Waals surface area contributed by atoms with Gasteiger partial charge in [-0.3, -0.25) is 4.55 Å². The molecule has 1 N–H and O–H groups in total. The van der Waals surface area contributed by atoms with Gasteiger partial charge in [-0.15, -0.1) is 0 Å². The number of hydrogen-bond acceptors (Lipinski definition) is 4. The minimum absolute atomic E-state index is 0.554. The van der Waals surface area contributed by atoms with E-state index in [1.165, 1.54) is 70.8 Å². The van der Waals surface area contributed by atoms with Gasteiger partial charge in [-0.1, -0.05) is 64.7 Å². The number of alkyl halides is 3. The molecule has 1 aliphatic heterocycles. The van der Waals surface area contributed by atoms with Crippen molar-refractivity contribution in [3.05, 3.63) is 12.4 Å². The second-order valence-electron chi connectivity index (χ2n) is 6.94. The van der Waals surface area contributed by atoms with E-state index in [0.29, 0.717) is 6.17 Å². The Hall–Kier alpha value is -0.960. The molecule has 0 aromatic carbocycles. The van der Waals surface area contributed by atoms with Crippen molar-refractivity contribution in [2.75, 3.05) is 13.6 Å². The number of rotatable bonds is 11. The lowest BCUT2D eigenvalue weighted by atomic mass is 10.1. The first-order chi connectivity index (χ1) is 12.5. The molecule has 0 aliphatic carbocycles. The molecule has 0 saturated carbocycles. The molecule has 1 atom stereocenters. The van der Waals surface area contributed by atoms with Crippen LogP contribution in [0.25, 0.3) is 0 Å². The van der Waals surface area contributed by atoms with Crippen molar-refractivity contribution < 1.29 is 26.1 Å². The zero-order valence-electron chi connectivity index (χ0n) is 16.7. The average Bonchev–Trinajstić information content (AvgIpc) is 2.87. The Kier molecular flexibility index (Phi) is 12.8. The third-order valence-corrected chi connectivity index (χ3v) is 5.21. The lowest BCUT2D eigenvalue weighted by Gasteiger charge is -2.26. The molecule has 1 heterocycles. The molecule has 1 aliphatic rings. The van der Waals surface area contributed by atoms with E-state index < -0.39 is 15.6 Å². The van der Waals surface area contributed by atoms with Crippen LogP contribution in [0.4, 0.5) is 13.2 Å². The number of nitrogens with zero attached hydrogens (tertiary/aromatic N) is 2. The maximum atomic E-state index is 10.7. The van der Waals surface area contributed by atoms with E-state index in [-0.39, 0.29) is 0 Å². The summed E-state index contributed by atoms with van der Waals surface area (Å²) >= 11 is 0. The van der Waals surface area contributed by atoms with Crippen LogP contribution < -0.4 is 0 Å². The predicted molar refractivity (Wildman–Crippen MR) is 103 cm³/mol. The highest BCUT2D eigenvalue weighted by Gasteiger charge is 2.44. The molecular formula is C18H35F3N2O3S. The molecule has 0 aromatic heterocycles. The maximum absolute atomic E-state index is 10.7. The summed E-state index contributed by atoms with van der Waals surface area (Å²) in [5.41, 5.74) is -5.53. The van der Waals surface area contributed by atoms with Gasteiger partial charge in [0.05, 0.1) is 6.17 Å². The molecule has 27 heavy (non-hydrogen) atoms. The monoisotopic (exact) mass is 416 g/mol. The Morgan fingerprint density at radius 1 is 0.926 bits per heavy atom. The van der Waals surface area contributed by atoms with Crippen molar-refractivity contribution in [1.82, 2.24) is 9.80 Å². The molecule has 0 amide bonds. The summed E-state index contributed by atoms with van der Waals surface area (Å²) in [7, 11) is -3.69. The Morgan fingerprint density at radius 3 is 1.67 bits per heavy atom. The van der Waals surface area contributed by atoms with Crippen LogP contribution in [0.5, 0.6) is 0 Å². The molecule has 162 valence electrons. The maximum Gasteiger partial charge on any atom is 0.522 e. The second-order valence-corrected chi connectivity index (χ2v) is 8.35. The van der Waals surface area contributed by atoms with Crippen molar-refractivity contribution in [1.29, 1.82) is 0 Å². The van der Waals surface area contributed by atoms with Crippen molar-refractivity contribution in [2.45, 2.75) is 89.7 Å². The van der Waals surface area contributed by atoms with Gasteiger partial charge in [-0.25, -0.2) is 0 Å². The Morgan fingerprint density at radius 2 is 1.33 bits per heavy atom. The first-order valence-corrected chi connectivity index (χ1v) is 11.1. The molecule has 0 bridgehead atoms.